The minimum Gasteiger partial charge on any atom is -0.323 e. The predicted octanol–water partition coefficient (Wildman–Crippen LogP) is 4.13. The second-order valence-electron chi connectivity index (χ2n) is 4.67. The van der Waals surface area contributed by atoms with Gasteiger partial charge in [0.2, 0.25) is 0 Å². The molecule has 0 saturated carbocycles. The molecule has 19 heavy (non-hydrogen) atoms. The van der Waals surface area contributed by atoms with Crippen molar-refractivity contribution in [3.05, 3.63) is 35.1 Å². The molecule has 1 aromatic rings. The average Bonchev–Trinajstić information content (AvgIpc) is 2.38. The fourth-order valence-corrected chi connectivity index (χ4v) is 3.60. The Morgan fingerprint density at radius 2 is 2.00 bits per heavy atom. The molecular weight excluding hydrogens is 278 g/mol. The van der Waals surface area contributed by atoms with Crippen molar-refractivity contribution >= 4 is 11.8 Å². The summed E-state index contributed by atoms with van der Waals surface area (Å²) >= 11 is 1.68. The lowest BCUT2D eigenvalue weighted by atomic mass is 9.98. The van der Waals surface area contributed by atoms with Crippen LogP contribution in [0.4, 0.5) is 17.6 Å². The summed E-state index contributed by atoms with van der Waals surface area (Å²) in [5, 5.41) is 0.111. The van der Waals surface area contributed by atoms with Gasteiger partial charge in [0.25, 0.3) is 0 Å². The zero-order valence-corrected chi connectivity index (χ0v) is 11.0. The van der Waals surface area contributed by atoms with Crippen molar-refractivity contribution < 1.29 is 17.6 Å². The van der Waals surface area contributed by atoms with E-state index >= 15 is 0 Å². The normalized spacial score (nSPS) is 22.3. The van der Waals surface area contributed by atoms with Gasteiger partial charge in [-0.3, -0.25) is 0 Å². The highest BCUT2D eigenvalue weighted by molar-refractivity contribution is 8.00. The van der Waals surface area contributed by atoms with Crippen LogP contribution < -0.4 is 5.73 Å². The summed E-state index contributed by atoms with van der Waals surface area (Å²) in [4.78, 5) is 0. The second-order valence-corrected chi connectivity index (χ2v) is 6.01. The third kappa shape index (κ3) is 3.42. The highest BCUT2D eigenvalue weighted by atomic mass is 32.2. The van der Waals surface area contributed by atoms with E-state index in [0.717, 1.165) is 37.1 Å². The molecule has 2 atom stereocenters. The van der Waals surface area contributed by atoms with Crippen LogP contribution in [-0.4, -0.2) is 11.0 Å². The first-order valence-corrected chi connectivity index (χ1v) is 7.18. The molecule has 0 aliphatic carbocycles. The third-order valence-corrected chi connectivity index (χ3v) is 4.78. The van der Waals surface area contributed by atoms with Crippen molar-refractivity contribution in [2.45, 2.75) is 36.7 Å². The molecule has 2 rings (SSSR count). The predicted molar refractivity (Wildman–Crippen MR) is 68.4 cm³/mol. The Labute approximate surface area is 113 Å². The van der Waals surface area contributed by atoms with Crippen molar-refractivity contribution in [1.29, 1.82) is 0 Å². The molecule has 2 N–H and O–H groups in total. The molecule has 1 aliphatic heterocycles. The highest BCUT2D eigenvalue weighted by Crippen LogP contribution is 2.36. The zero-order chi connectivity index (χ0) is 14.0. The van der Waals surface area contributed by atoms with Crippen molar-refractivity contribution in [2.24, 2.45) is 5.73 Å². The summed E-state index contributed by atoms with van der Waals surface area (Å²) in [5.41, 5.74) is 5.14. The number of benzene rings is 1. The summed E-state index contributed by atoms with van der Waals surface area (Å²) in [6, 6.07) is 2.57. The summed E-state index contributed by atoms with van der Waals surface area (Å²) in [5.74, 6) is -0.272. The molecule has 106 valence electrons. The maximum Gasteiger partial charge on any atom is 0.419 e. The number of nitrogens with two attached hydrogens (primary N) is 1. The van der Waals surface area contributed by atoms with Crippen LogP contribution in [0.2, 0.25) is 0 Å². The van der Waals surface area contributed by atoms with E-state index in [1.807, 2.05) is 0 Å². The molecule has 2 unspecified atom stereocenters. The lowest BCUT2D eigenvalue weighted by Crippen LogP contribution is -2.26. The van der Waals surface area contributed by atoms with Gasteiger partial charge in [-0.15, -0.1) is 0 Å². The molecular formula is C13H15F4NS. The standard InChI is InChI=1S/C13H15F4NS/c14-10-5-4-8(7-9(10)13(15,16)17)12(18)11-3-1-2-6-19-11/h4-5,7,11-12H,1-3,6,18H2. The Morgan fingerprint density at radius 1 is 1.26 bits per heavy atom. The third-order valence-electron chi connectivity index (χ3n) is 3.30. The number of thioether (sulfide) groups is 1. The van der Waals surface area contributed by atoms with Crippen LogP contribution in [0.1, 0.15) is 36.4 Å². The Bertz CT molecular complexity index is 441. The largest absolute Gasteiger partial charge is 0.419 e. The zero-order valence-electron chi connectivity index (χ0n) is 10.2. The molecule has 0 bridgehead atoms. The molecule has 0 spiro atoms. The summed E-state index contributed by atoms with van der Waals surface area (Å²) in [6.45, 7) is 0. The van der Waals surface area contributed by atoms with E-state index < -0.39 is 23.6 Å². The van der Waals surface area contributed by atoms with Crippen molar-refractivity contribution in [3.8, 4) is 0 Å². The van der Waals surface area contributed by atoms with Gasteiger partial charge in [0.1, 0.15) is 5.82 Å². The first-order chi connectivity index (χ1) is 8.89. The fourth-order valence-electron chi connectivity index (χ4n) is 2.23. The fraction of sp³-hybridized carbons (Fsp3) is 0.538. The molecule has 1 heterocycles. The van der Waals surface area contributed by atoms with Crippen molar-refractivity contribution in [1.82, 2.24) is 0 Å². The molecule has 1 saturated heterocycles. The maximum absolute atomic E-state index is 13.2. The molecule has 6 heteroatoms. The number of alkyl halides is 3. The lowest BCUT2D eigenvalue weighted by Gasteiger charge is -2.27. The molecule has 1 aliphatic rings. The topological polar surface area (TPSA) is 26.0 Å². The Balaban J connectivity index is 2.24. The van der Waals surface area contributed by atoms with E-state index in [1.54, 1.807) is 11.8 Å². The van der Waals surface area contributed by atoms with Gasteiger partial charge in [-0.1, -0.05) is 12.5 Å². The number of halogens is 4. The number of hydrogen-bond donors (Lipinski definition) is 1. The van der Waals surface area contributed by atoms with Crippen LogP contribution >= 0.6 is 11.8 Å². The second kappa shape index (κ2) is 5.71. The van der Waals surface area contributed by atoms with E-state index in [9.17, 15) is 17.6 Å². The SMILES string of the molecule is NC(c1ccc(F)c(C(F)(F)F)c1)C1CCCCS1. The van der Waals surface area contributed by atoms with E-state index in [1.165, 1.54) is 6.07 Å². The molecule has 1 fully saturated rings. The highest BCUT2D eigenvalue weighted by Gasteiger charge is 2.35. The minimum atomic E-state index is -4.68. The van der Waals surface area contributed by atoms with Gasteiger partial charge in [0.15, 0.2) is 0 Å². The molecule has 0 aromatic heterocycles. The molecule has 0 amide bonds. The summed E-state index contributed by atoms with van der Waals surface area (Å²) in [7, 11) is 0. The quantitative estimate of drug-likeness (QED) is 0.830. The van der Waals surface area contributed by atoms with Crippen molar-refractivity contribution in [2.75, 3.05) is 5.75 Å². The first-order valence-electron chi connectivity index (χ1n) is 6.13. The van der Waals surface area contributed by atoms with E-state index in [2.05, 4.69) is 0 Å². The van der Waals surface area contributed by atoms with E-state index in [4.69, 9.17) is 5.73 Å². The minimum absolute atomic E-state index is 0.111. The molecule has 1 aromatic carbocycles. The first kappa shape index (κ1) is 14.7. The van der Waals surface area contributed by atoms with Crippen LogP contribution in [-0.2, 0) is 6.18 Å². The van der Waals surface area contributed by atoms with Gasteiger partial charge in [0.05, 0.1) is 5.56 Å². The number of hydrogen-bond acceptors (Lipinski definition) is 2. The van der Waals surface area contributed by atoms with Crippen molar-refractivity contribution in [3.63, 3.8) is 0 Å². The number of rotatable bonds is 2. The van der Waals surface area contributed by atoms with Gasteiger partial charge >= 0.3 is 6.18 Å². The maximum atomic E-state index is 13.2. The Kier molecular flexibility index (Phi) is 4.40. The summed E-state index contributed by atoms with van der Waals surface area (Å²) < 4.78 is 51.2. The summed E-state index contributed by atoms with van der Waals surface area (Å²) in [6.07, 6.45) is -1.63. The van der Waals surface area contributed by atoms with Crippen LogP contribution in [0.3, 0.4) is 0 Å². The Morgan fingerprint density at radius 3 is 2.58 bits per heavy atom. The Hall–Kier alpha value is -0.750. The van der Waals surface area contributed by atoms with Gasteiger partial charge in [-0.05, 0) is 36.3 Å². The van der Waals surface area contributed by atoms with E-state index in [-0.39, 0.29) is 5.25 Å². The van der Waals surface area contributed by atoms with Crippen LogP contribution in [0, 0.1) is 5.82 Å². The smallest absolute Gasteiger partial charge is 0.323 e. The molecule has 0 radical (unpaired) electrons. The van der Waals surface area contributed by atoms with Gasteiger partial charge in [-0.2, -0.15) is 24.9 Å². The van der Waals surface area contributed by atoms with Gasteiger partial charge in [-0.25, -0.2) is 4.39 Å². The average molecular weight is 293 g/mol. The molecule has 1 nitrogen and oxygen atoms in total. The van der Waals surface area contributed by atoms with Gasteiger partial charge in [0, 0.05) is 11.3 Å². The van der Waals surface area contributed by atoms with Crippen LogP contribution in [0.5, 0.6) is 0 Å². The lowest BCUT2D eigenvalue weighted by molar-refractivity contribution is -0.140. The monoisotopic (exact) mass is 293 g/mol. The van der Waals surface area contributed by atoms with Crippen LogP contribution in [0.25, 0.3) is 0 Å². The van der Waals surface area contributed by atoms with Gasteiger partial charge < -0.3 is 5.73 Å². The van der Waals surface area contributed by atoms with Crippen LogP contribution in [0.15, 0.2) is 18.2 Å². The van der Waals surface area contributed by atoms with E-state index in [0.29, 0.717) is 5.56 Å².